The molecule has 0 N–H and O–H groups in total. The van der Waals surface area contributed by atoms with Gasteiger partial charge in [0.15, 0.2) is 0 Å². The molecular weight excluding hydrogens is 282 g/mol. The molecule has 0 saturated carbocycles. The summed E-state index contributed by atoms with van der Waals surface area (Å²) in [5.74, 6) is 0.829. The number of benzene rings is 2. The molecule has 0 fully saturated rings. The summed E-state index contributed by atoms with van der Waals surface area (Å²) in [5.41, 5.74) is 2.77. The van der Waals surface area contributed by atoms with Crippen LogP contribution in [0.25, 0.3) is 0 Å². The summed E-state index contributed by atoms with van der Waals surface area (Å²) >= 11 is 6.13. The number of rotatable bonds is 6. The number of nitriles is 1. The van der Waals surface area contributed by atoms with E-state index in [0.29, 0.717) is 17.2 Å². The lowest BCUT2D eigenvalue weighted by Crippen LogP contribution is -1.97. The van der Waals surface area contributed by atoms with Crippen LogP contribution in [0.1, 0.15) is 36.5 Å². The zero-order valence-corrected chi connectivity index (χ0v) is 12.9. The van der Waals surface area contributed by atoms with Gasteiger partial charge >= 0.3 is 0 Å². The van der Waals surface area contributed by atoms with Crippen LogP contribution in [-0.4, -0.2) is 0 Å². The van der Waals surface area contributed by atoms with Gasteiger partial charge in [-0.25, -0.2) is 0 Å². The zero-order chi connectivity index (χ0) is 15.1. The van der Waals surface area contributed by atoms with E-state index in [0.717, 1.165) is 17.7 Å². The molecule has 2 nitrogen and oxygen atoms in total. The van der Waals surface area contributed by atoms with Gasteiger partial charge in [-0.2, -0.15) is 5.26 Å². The van der Waals surface area contributed by atoms with Crippen LogP contribution in [0.5, 0.6) is 5.75 Å². The second-order valence-electron chi connectivity index (χ2n) is 4.95. The highest BCUT2D eigenvalue weighted by Gasteiger charge is 2.03. The Hall–Kier alpha value is -1.98. The Balaban J connectivity index is 1.95. The number of unbranched alkanes of at least 4 members (excludes halogenated alkanes) is 1. The van der Waals surface area contributed by atoms with Crippen molar-refractivity contribution in [2.45, 2.75) is 32.8 Å². The van der Waals surface area contributed by atoms with Crippen LogP contribution in [0.15, 0.2) is 42.5 Å². The van der Waals surface area contributed by atoms with Crippen molar-refractivity contribution in [1.29, 1.82) is 5.26 Å². The number of halogens is 1. The van der Waals surface area contributed by atoms with Gasteiger partial charge in [-0.15, -0.1) is 0 Å². The summed E-state index contributed by atoms with van der Waals surface area (Å²) < 4.78 is 5.74. The van der Waals surface area contributed by atoms with Gasteiger partial charge in [-0.1, -0.05) is 43.1 Å². The first-order chi connectivity index (χ1) is 10.2. The molecular formula is C18H18ClNO. The van der Waals surface area contributed by atoms with Crippen LogP contribution in [0, 0.1) is 11.3 Å². The summed E-state index contributed by atoms with van der Waals surface area (Å²) in [6, 6.07) is 15.5. The third-order valence-electron chi connectivity index (χ3n) is 3.32. The second kappa shape index (κ2) is 7.71. The first-order valence-corrected chi connectivity index (χ1v) is 7.51. The standard InChI is InChI=1S/C18H18ClNO/c1-2-3-4-14-6-9-17(10-7-14)21-13-16-8-5-15(12-20)11-18(16)19/h5-11H,2-4,13H2,1H3. The van der Waals surface area contributed by atoms with E-state index >= 15 is 0 Å². The highest BCUT2D eigenvalue weighted by atomic mass is 35.5. The predicted octanol–water partition coefficient (Wildman–Crippen LogP) is 5.13. The van der Waals surface area contributed by atoms with Gasteiger partial charge in [0, 0.05) is 10.6 Å². The van der Waals surface area contributed by atoms with Crippen molar-refractivity contribution < 1.29 is 4.74 Å². The zero-order valence-electron chi connectivity index (χ0n) is 12.1. The van der Waals surface area contributed by atoms with Crippen molar-refractivity contribution in [1.82, 2.24) is 0 Å². The molecule has 0 amide bonds. The summed E-state index contributed by atoms with van der Waals surface area (Å²) in [6.07, 6.45) is 3.52. The molecule has 2 aromatic carbocycles. The van der Waals surface area contributed by atoms with Gasteiger partial charge in [-0.05, 0) is 42.7 Å². The molecule has 0 bridgehead atoms. The Kier molecular flexibility index (Phi) is 5.66. The average Bonchev–Trinajstić information content (AvgIpc) is 2.52. The molecule has 0 aliphatic heterocycles. The maximum Gasteiger partial charge on any atom is 0.119 e. The van der Waals surface area contributed by atoms with Crippen molar-refractivity contribution in [3.63, 3.8) is 0 Å². The molecule has 2 rings (SSSR count). The fraction of sp³-hybridized carbons (Fsp3) is 0.278. The molecule has 0 aromatic heterocycles. The summed E-state index contributed by atoms with van der Waals surface area (Å²) in [5, 5.41) is 9.37. The van der Waals surface area contributed by atoms with Crippen LogP contribution >= 0.6 is 11.6 Å². The van der Waals surface area contributed by atoms with E-state index in [1.807, 2.05) is 18.2 Å². The summed E-state index contributed by atoms with van der Waals surface area (Å²) in [6.45, 7) is 2.59. The minimum atomic E-state index is 0.402. The minimum absolute atomic E-state index is 0.402. The quantitative estimate of drug-likeness (QED) is 0.740. The van der Waals surface area contributed by atoms with Crippen molar-refractivity contribution in [2.24, 2.45) is 0 Å². The fourth-order valence-corrected chi connectivity index (χ4v) is 2.26. The van der Waals surface area contributed by atoms with Crippen LogP contribution in [0.2, 0.25) is 5.02 Å². The largest absolute Gasteiger partial charge is 0.489 e. The van der Waals surface area contributed by atoms with Gasteiger partial charge in [0.2, 0.25) is 0 Å². The van der Waals surface area contributed by atoms with Crippen molar-refractivity contribution in [2.75, 3.05) is 0 Å². The molecule has 0 atom stereocenters. The van der Waals surface area contributed by atoms with Gasteiger partial charge in [0.25, 0.3) is 0 Å². The maximum absolute atomic E-state index is 8.81. The third kappa shape index (κ3) is 4.51. The maximum atomic E-state index is 8.81. The number of ether oxygens (including phenoxy) is 1. The number of hydrogen-bond donors (Lipinski definition) is 0. The minimum Gasteiger partial charge on any atom is -0.489 e. The SMILES string of the molecule is CCCCc1ccc(OCc2ccc(C#N)cc2Cl)cc1. The average molecular weight is 300 g/mol. The number of nitrogens with zero attached hydrogens (tertiary/aromatic N) is 1. The number of hydrogen-bond acceptors (Lipinski definition) is 2. The molecule has 2 aromatic rings. The van der Waals surface area contributed by atoms with Crippen molar-refractivity contribution >= 4 is 11.6 Å². The summed E-state index contributed by atoms with van der Waals surface area (Å²) in [4.78, 5) is 0. The molecule has 3 heteroatoms. The first kappa shape index (κ1) is 15.4. The lowest BCUT2D eigenvalue weighted by Gasteiger charge is -2.09. The topological polar surface area (TPSA) is 33.0 Å². The van der Waals surface area contributed by atoms with Gasteiger partial charge in [0.1, 0.15) is 12.4 Å². The van der Waals surface area contributed by atoms with Crippen molar-refractivity contribution in [3.05, 3.63) is 64.2 Å². The number of aryl methyl sites for hydroxylation is 1. The smallest absolute Gasteiger partial charge is 0.119 e. The Morgan fingerprint density at radius 1 is 1.14 bits per heavy atom. The van der Waals surface area contributed by atoms with Gasteiger partial charge in [0.05, 0.1) is 11.6 Å². The van der Waals surface area contributed by atoms with Crippen LogP contribution in [0.4, 0.5) is 0 Å². The second-order valence-corrected chi connectivity index (χ2v) is 5.36. The molecule has 0 unspecified atom stereocenters. The Morgan fingerprint density at radius 2 is 1.90 bits per heavy atom. The third-order valence-corrected chi connectivity index (χ3v) is 3.67. The highest BCUT2D eigenvalue weighted by molar-refractivity contribution is 6.31. The van der Waals surface area contributed by atoms with Crippen LogP contribution in [0.3, 0.4) is 0 Å². The monoisotopic (exact) mass is 299 g/mol. The Morgan fingerprint density at radius 3 is 2.52 bits per heavy atom. The molecule has 0 spiro atoms. The lowest BCUT2D eigenvalue weighted by molar-refractivity contribution is 0.306. The van der Waals surface area contributed by atoms with E-state index in [1.165, 1.54) is 18.4 Å². The molecule has 0 aliphatic rings. The van der Waals surface area contributed by atoms with E-state index in [9.17, 15) is 0 Å². The molecule has 0 saturated heterocycles. The fourth-order valence-electron chi connectivity index (χ4n) is 2.03. The molecule has 21 heavy (non-hydrogen) atoms. The van der Waals surface area contributed by atoms with E-state index in [1.54, 1.807) is 12.1 Å². The first-order valence-electron chi connectivity index (χ1n) is 7.13. The summed E-state index contributed by atoms with van der Waals surface area (Å²) in [7, 11) is 0. The highest BCUT2D eigenvalue weighted by Crippen LogP contribution is 2.21. The molecule has 108 valence electrons. The predicted molar refractivity (Wildman–Crippen MR) is 85.6 cm³/mol. The van der Waals surface area contributed by atoms with Gasteiger partial charge in [-0.3, -0.25) is 0 Å². The van der Waals surface area contributed by atoms with E-state index in [2.05, 4.69) is 25.1 Å². The van der Waals surface area contributed by atoms with Gasteiger partial charge < -0.3 is 4.74 Å². The van der Waals surface area contributed by atoms with Crippen molar-refractivity contribution in [3.8, 4) is 11.8 Å². The molecule has 0 radical (unpaired) electrons. The van der Waals surface area contributed by atoms with E-state index < -0.39 is 0 Å². The Bertz CT molecular complexity index is 629. The van der Waals surface area contributed by atoms with Crippen LogP contribution in [-0.2, 0) is 13.0 Å². The Labute approximate surface area is 130 Å². The molecule has 0 heterocycles. The molecule has 0 aliphatic carbocycles. The van der Waals surface area contributed by atoms with E-state index in [4.69, 9.17) is 21.6 Å². The van der Waals surface area contributed by atoms with E-state index in [-0.39, 0.29) is 0 Å². The lowest BCUT2D eigenvalue weighted by atomic mass is 10.1. The normalized spacial score (nSPS) is 10.1. The van der Waals surface area contributed by atoms with Crippen LogP contribution < -0.4 is 4.74 Å².